The summed E-state index contributed by atoms with van der Waals surface area (Å²) in [6.07, 6.45) is 0.678. The van der Waals surface area contributed by atoms with Crippen LogP contribution < -0.4 is 10.4 Å². The minimum Gasteiger partial charge on any atom is -0.465 e. The van der Waals surface area contributed by atoms with Gasteiger partial charge in [0.25, 0.3) is 0 Å². The number of carbonyl (C=O) groups is 2. The first-order valence-corrected chi connectivity index (χ1v) is 11.5. The smallest absolute Gasteiger partial charge is 0.344 e. The summed E-state index contributed by atoms with van der Waals surface area (Å²) in [5.41, 5.74) is -1.23. The van der Waals surface area contributed by atoms with Crippen molar-refractivity contribution >= 4 is 28.8 Å². The standard InChI is InChI=1S/C26H33NO7/c1-8-31-22(28)17-18-20(15-12-10-11-13-16(15)33-24(18)30)34-21(19(17)23(29)32-9-2)27-26(6,7)14-25(3,4)5/h10-13,17,19H,8-9,14H2,1-7H3. The first-order valence-electron chi connectivity index (χ1n) is 11.5. The average molecular weight is 472 g/mol. The highest BCUT2D eigenvalue weighted by atomic mass is 16.5. The number of nitrogens with zero attached hydrogens (tertiary/aromatic N) is 1. The van der Waals surface area contributed by atoms with Gasteiger partial charge in [-0.15, -0.1) is 0 Å². The Balaban J connectivity index is 2.32. The van der Waals surface area contributed by atoms with Crippen molar-refractivity contribution in [2.24, 2.45) is 16.3 Å². The van der Waals surface area contributed by atoms with E-state index in [1.54, 1.807) is 38.1 Å². The molecule has 2 unspecified atom stereocenters. The van der Waals surface area contributed by atoms with Gasteiger partial charge in [-0.05, 0) is 51.7 Å². The Hall–Kier alpha value is -3.16. The lowest BCUT2D eigenvalue weighted by atomic mass is 9.80. The molecular formula is C26H33NO7. The zero-order valence-electron chi connectivity index (χ0n) is 20.9. The Kier molecular flexibility index (Phi) is 7.19. The summed E-state index contributed by atoms with van der Waals surface area (Å²) < 4.78 is 22.2. The van der Waals surface area contributed by atoms with E-state index in [9.17, 15) is 14.4 Å². The maximum Gasteiger partial charge on any atom is 0.344 e. The molecule has 184 valence electrons. The van der Waals surface area contributed by atoms with Gasteiger partial charge in [0.15, 0.2) is 11.7 Å². The molecule has 8 nitrogen and oxygen atoms in total. The van der Waals surface area contributed by atoms with E-state index in [0.29, 0.717) is 17.4 Å². The number of fused-ring (bicyclic) bond motifs is 3. The minimum absolute atomic E-state index is 0.0222. The van der Waals surface area contributed by atoms with Gasteiger partial charge in [-0.25, -0.2) is 9.79 Å². The Labute approximate surface area is 199 Å². The molecule has 34 heavy (non-hydrogen) atoms. The molecule has 2 atom stereocenters. The fourth-order valence-electron chi connectivity index (χ4n) is 4.67. The highest BCUT2D eigenvalue weighted by Crippen LogP contribution is 2.43. The second-order valence-corrected chi connectivity index (χ2v) is 10.2. The van der Waals surface area contributed by atoms with E-state index in [1.165, 1.54) is 0 Å². The number of carbonyl (C=O) groups excluding carboxylic acids is 2. The highest BCUT2D eigenvalue weighted by Gasteiger charge is 2.50. The van der Waals surface area contributed by atoms with Crippen LogP contribution in [0.4, 0.5) is 0 Å². The van der Waals surface area contributed by atoms with E-state index >= 15 is 0 Å². The van der Waals surface area contributed by atoms with Gasteiger partial charge in [0.05, 0.1) is 29.7 Å². The van der Waals surface area contributed by atoms with Crippen molar-refractivity contribution in [1.82, 2.24) is 0 Å². The zero-order valence-corrected chi connectivity index (χ0v) is 20.9. The molecular weight excluding hydrogens is 438 g/mol. The van der Waals surface area contributed by atoms with Crippen molar-refractivity contribution in [3.05, 3.63) is 40.2 Å². The van der Waals surface area contributed by atoms with Crippen molar-refractivity contribution in [3.63, 3.8) is 0 Å². The summed E-state index contributed by atoms with van der Waals surface area (Å²) in [6, 6.07) is 6.86. The number of rotatable bonds is 6. The summed E-state index contributed by atoms with van der Waals surface area (Å²) >= 11 is 0. The summed E-state index contributed by atoms with van der Waals surface area (Å²) in [4.78, 5) is 44.2. The highest BCUT2D eigenvalue weighted by molar-refractivity contribution is 6.07. The maximum absolute atomic E-state index is 13.2. The van der Waals surface area contributed by atoms with Gasteiger partial charge in [-0.3, -0.25) is 9.59 Å². The molecule has 0 aliphatic carbocycles. The molecule has 0 saturated carbocycles. The Bertz CT molecular complexity index is 1170. The summed E-state index contributed by atoms with van der Waals surface area (Å²) in [7, 11) is 0. The third-order valence-electron chi connectivity index (χ3n) is 5.37. The number of hydrogen-bond acceptors (Lipinski definition) is 8. The molecule has 0 N–H and O–H groups in total. The number of aliphatic imine (C=N–C) groups is 1. The molecule has 1 aromatic heterocycles. The topological polar surface area (TPSA) is 104 Å². The molecule has 0 amide bonds. The van der Waals surface area contributed by atoms with E-state index in [0.717, 1.165) is 0 Å². The third kappa shape index (κ3) is 5.32. The molecule has 0 radical (unpaired) electrons. The third-order valence-corrected chi connectivity index (χ3v) is 5.37. The van der Waals surface area contributed by atoms with E-state index < -0.39 is 34.9 Å². The molecule has 0 fully saturated rings. The van der Waals surface area contributed by atoms with Gasteiger partial charge in [0.2, 0.25) is 5.90 Å². The van der Waals surface area contributed by atoms with Gasteiger partial charge in [-0.1, -0.05) is 32.9 Å². The van der Waals surface area contributed by atoms with E-state index in [2.05, 4.69) is 20.8 Å². The van der Waals surface area contributed by atoms with Crippen LogP contribution in [0, 0.1) is 11.3 Å². The van der Waals surface area contributed by atoms with Crippen molar-refractivity contribution in [3.8, 4) is 5.75 Å². The van der Waals surface area contributed by atoms with E-state index in [1.807, 2.05) is 13.8 Å². The largest absolute Gasteiger partial charge is 0.465 e. The first-order chi connectivity index (χ1) is 15.9. The lowest BCUT2D eigenvalue weighted by molar-refractivity contribution is -0.155. The molecule has 8 heteroatoms. The van der Waals surface area contributed by atoms with Gasteiger partial charge in [0, 0.05) is 0 Å². The van der Waals surface area contributed by atoms with Crippen molar-refractivity contribution in [1.29, 1.82) is 0 Å². The van der Waals surface area contributed by atoms with Crippen molar-refractivity contribution in [2.75, 3.05) is 13.2 Å². The van der Waals surface area contributed by atoms with Crippen LogP contribution in [-0.4, -0.2) is 36.6 Å². The fraction of sp³-hybridized carbons (Fsp3) is 0.538. The van der Waals surface area contributed by atoms with Crippen LogP contribution in [0.5, 0.6) is 5.75 Å². The fourth-order valence-corrected chi connectivity index (χ4v) is 4.67. The Morgan fingerprint density at radius 3 is 2.15 bits per heavy atom. The van der Waals surface area contributed by atoms with Crippen LogP contribution in [0.2, 0.25) is 0 Å². The molecule has 0 spiro atoms. The predicted octanol–water partition coefficient (Wildman–Crippen LogP) is 4.62. The molecule has 3 rings (SSSR count). The van der Waals surface area contributed by atoms with Gasteiger partial charge in [0.1, 0.15) is 11.5 Å². The second kappa shape index (κ2) is 9.60. The summed E-state index contributed by atoms with van der Waals surface area (Å²) in [6.45, 7) is 13.6. The Morgan fingerprint density at radius 2 is 1.56 bits per heavy atom. The number of esters is 2. The number of ether oxygens (including phenoxy) is 3. The lowest BCUT2D eigenvalue weighted by Gasteiger charge is -2.34. The number of para-hydroxylation sites is 1. The quantitative estimate of drug-likeness (QED) is 0.447. The minimum atomic E-state index is -1.31. The van der Waals surface area contributed by atoms with Crippen LogP contribution in [0.25, 0.3) is 11.0 Å². The van der Waals surface area contributed by atoms with E-state index in [4.69, 9.17) is 23.6 Å². The van der Waals surface area contributed by atoms with E-state index in [-0.39, 0.29) is 35.8 Å². The Morgan fingerprint density at radius 1 is 0.971 bits per heavy atom. The zero-order chi connectivity index (χ0) is 25.3. The molecule has 1 aromatic carbocycles. The predicted molar refractivity (Wildman–Crippen MR) is 128 cm³/mol. The number of hydrogen-bond donors (Lipinski definition) is 0. The van der Waals surface area contributed by atoms with Gasteiger partial charge < -0.3 is 18.6 Å². The van der Waals surface area contributed by atoms with Crippen LogP contribution in [0.1, 0.15) is 66.4 Å². The van der Waals surface area contributed by atoms with Crippen LogP contribution in [-0.2, 0) is 19.1 Å². The normalized spacial score (nSPS) is 19.4. The second-order valence-electron chi connectivity index (χ2n) is 10.2. The molecule has 2 heterocycles. The SMILES string of the molecule is CCOC(=O)C1C(=NC(C)(C)CC(C)(C)C)Oc2c(c(=O)oc3ccccc23)C1C(=O)OCC. The molecule has 1 aliphatic rings. The monoisotopic (exact) mass is 471 g/mol. The maximum atomic E-state index is 13.2. The summed E-state index contributed by atoms with van der Waals surface area (Å²) in [5, 5.41) is 0.495. The first kappa shape index (κ1) is 25.5. The van der Waals surface area contributed by atoms with Crippen molar-refractivity contribution < 1.29 is 28.2 Å². The van der Waals surface area contributed by atoms with Crippen LogP contribution in [0.15, 0.2) is 38.5 Å². The van der Waals surface area contributed by atoms with Gasteiger partial charge >= 0.3 is 17.6 Å². The summed E-state index contributed by atoms with van der Waals surface area (Å²) in [5.74, 6) is -3.88. The molecule has 2 aromatic rings. The van der Waals surface area contributed by atoms with Crippen LogP contribution >= 0.6 is 0 Å². The van der Waals surface area contributed by atoms with Crippen molar-refractivity contribution in [2.45, 2.75) is 66.3 Å². The molecule has 0 saturated heterocycles. The average Bonchev–Trinajstić information content (AvgIpc) is 2.71. The lowest BCUT2D eigenvalue weighted by Crippen LogP contribution is -2.45. The van der Waals surface area contributed by atoms with Crippen LogP contribution in [0.3, 0.4) is 0 Å². The van der Waals surface area contributed by atoms with Gasteiger partial charge in [-0.2, -0.15) is 0 Å². The molecule has 1 aliphatic heterocycles. The molecule has 0 bridgehead atoms. The number of benzene rings is 1.